The largest absolute Gasteiger partial charge is 0.328 e. The highest BCUT2D eigenvalue weighted by molar-refractivity contribution is 4.97. The second kappa shape index (κ2) is 2.69. The standard InChI is InChI=1S/C9H20N2O/c1-8(2)5-7(10)6-9(3,4)11(8)12/h7,12H,5-6,10H2,1-4H3. The highest BCUT2D eigenvalue weighted by atomic mass is 16.5. The zero-order valence-electron chi connectivity index (χ0n) is 8.46. The molecule has 1 aliphatic rings. The first-order valence-electron chi connectivity index (χ1n) is 4.50. The molecular weight excluding hydrogens is 152 g/mol. The van der Waals surface area contributed by atoms with Gasteiger partial charge in [0.2, 0.25) is 0 Å². The lowest BCUT2D eigenvalue weighted by Crippen LogP contribution is -2.61. The molecule has 0 aromatic carbocycles. The quantitative estimate of drug-likeness (QED) is 0.580. The topological polar surface area (TPSA) is 49.5 Å². The van der Waals surface area contributed by atoms with E-state index in [0.717, 1.165) is 12.8 Å². The van der Waals surface area contributed by atoms with E-state index in [1.807, 2.05) is 27.7 Å². The van der Waals surface area contributed by atoms with Crippen LogP contribution < -0.4 is 5.73 Å². The number of nitrogens with two attached hydrogens (primary N) is 1. The van der Waals surface area contributed by atoms with Crippen LogP contribution in [0.15, 0.2) is 0 Å². The second-order valence-corrected chi connectivity index (χ2v) is 5.10. The Kier molecular flexibility index (Phi) is 2.23. The van der Waals surface area contributed by atoms with E-state index in [-0.39, 0.29) is 17.1 Å². The van der Waals surface area contributed by atoms with Gasteiger partial charge in [0.25, 0.3) is 0 Å². The van der Waals surface area contributed by atoms with Crippen molar-refractivity contribution < 1.29 is 5.21 Å². The van der Waals surface area contributed by atoms with Gasteiger partial charge < -0.3 is 10.9 Å². The van der Waals surface area contributed by atoms with Crippen molar-refractivity contribution in [3.63, 3.8) is 0 Å². The van der Waals surface area contributed by atoms with Gasteiger partial charge in [-0.15, -0.1) is 0 Å². The van der Waals surface area contributed by atoms with E-state index in [1.54, 1.807) is 0 Å². The maximum Gasteiger partial charge on any atom is 0.0425 e. The minimum Gasteiger partial charge on any atom is -0.328 e. The first-order chi connectivity index (χ1) is 5.26. The highest BCUT2D eigenvalue weighted by Crippen LogP contribution is 2.35. The van der Waals surface area contributed by atoms with Crippen molar-refractivity contribution >= 4 is 0 Å². The third-order valence-corrected chi connectivity index (χ3v) is 2.67. The summed E-state index contributed by atoms with van der Waals surface area (Å²) in [6.07, 6.45) is 1.71. The zero-order chi connectivity index (χ0) is 9.57. The minimum absolute atomic E-state index is 0.193. The van der Waals surface area contributed by atoms with Crippen LogP contribution in [0, 0.1) is 0 Å². The van der Waals surface area contributed by atoms with Crippen LogP contribution in [0.1, 0.15) is 40.5 Å². The van der Waals surface area contributed by atoms with E-state index in [0.29, 0.717) is 0 Å². The van der Waals surface area contributed by atoms with Gasteiger partial charge in [-0.2, -0.15) is 5.06 Å². The highest BCUT2D eigenvalue weighted by Gasteiger charge is 2.43. The molecule has 0 unspecified atom stereocenters. The van der Waals surface area contributed by atoms with Crippen molar-refractivity contribution in [2.75, 3.05) is 0 Å². The Bertz CT molecular complexity index is 159. The molecule has 1 aliphatic heterocycles. The third-order valence-electron chi connectivity index (χ3n) is 2.67. The van der Waals surface area contributed by atoms with E-state index in [1.165, 1.54) is 5.06 Å². The summed E-state index contributed by atoms with van der Waals surface area (Å²) >= 11 is 0. The zero-order valence-corrected chi connectivity index (χ0v) is 8.46. The summed E-state index contributed by atoms with van der Waals surface area (Å²) in [6.45, 7) is 8.09. The van der Waals surface area contributed by atoms with Crippen LogP contribution in [0.4, 0.5) is 0 Å². The van der Waals surface area contributed by atoms with Crippen LogP contribution >= 0.6 is 0 Å². The third kappa shape index (κ3) is 1.63. The van der Waals surface area contributed by atoms with Crippen LogP contribution in [-0.2, 0) is 0 Å². The summed E-state index contributed by atoms with van der Waals surface area (Å²) in [5.41, 5.74) is 5.52. The molecule has 0 radical (unpaired) electrons. The fourth-order valence-corrected chi connectivity index (χ4v) is 2.35. The van der Waals surface area contributed by atoms with E-state index in [4.69, 9.17) is 5.73 Å². The smallest absolute Gasteiger partial charge is 0.0425 e. The molecule has 3 heteroatoms. The van der Waals surface area contributed by atoms with Crippen molar-refractivity contribution in [1.82, 2.24) is 5.06 Å². The number of hydrogen-bond donors (Lipinski definition) is 2. The van der Waals surface area contributed by atoms with Crippen LogP contribution in [0.3, 0.4) is 0 Å². The molecular formula is C9H20N2O. The Hall–Kier alpha value is -0.120. The molecule has 0 bridgehead atoms. The molecule has 12 heavy (non-hydrogen) atoms. The normalized spacial score (nSPS) is 30.5. The van der Waals surface area contributed by atoms with Crippen LogP contribution in [0.2, 0.25) is 0 Å². The number of rotatable bonds is 0. The molecule has 1 rings (SSSR count). The SMILES string of the molecule is CC1(C)CC(N)CC(C)(C)N1O. The van der Waals surface area contributed by atoms with Gasteiger partial charge in [-0.25, -0.2) is 0 Å². The molecule has 1 heterocycles. The lowest BCUT2D eigenvalue weighted by molar-refractivity contribution is -0.244. The summed E-state index contributed by atoms with van der Waals surface area (Å²) in [4.78, 5) is 0. The lowest BCUT2D eigenvalue weighted by Gasteiger charge is -2.50. The first kappa shape index (κ1) is 9.96. The van der Waals surface area contributed by atoms with Crippen molar-refractivity contribution in [2.24, 2.45) is 5.73 Å². The Labute approximate surface area is 74.5 Å². The summed E-state index contributed by atoms with van der Waals surface area (Å²) in [6, 6.07) is 0.207. The van der Waals surface area contributed by atoms with Gasteiger partial charge in [-0.1, -0.05) is 0 Å². The predicted octanol–water partition coefficient (Wildman–Crippen LogP) is 1.36. The Morgan fingerprint density at radius 1 is 1.17 bits per heavy atom. The van der Waals surface area contributed by atoms with Crippen LogP contribution in [0.25, 0.3) is 0 Å². The molecule has 72 valence electrons. The summed E-state index contributed by atoms with van der Waals surface area (Å²) in [7, 11) is 0. The van der Waals surface area contributed by atoms with Gasteiger partial charge in [0, 0.05) is 17.1 Å². The fourth-order valence-electron chi connectivity index (χ4n) is 2.35. The van der Waals surface area contributed by atoms with E-state index in [2.05, 4.69) is 0 Å². The molecule has 0 aromatic heterocycles. The maximum atomic E-state index is 9.86. The average molecular weight is 172 g/mol. The van der Waals surface area contributed by atoms with Gasteiger partial charge >= 0.3 is 0 Å². The van der Waals surface area contributed by atoms with E-state index < -0.39 is 0 Å². The Morgan fingerprint density at radius 3 is 1.83 bits per heavy atom. The molecule has 0 atom stereocenters. The average Bonchev–Trinajstić information content (AvgIpc) is 1.80. The van der Waals surface area contributed by atoms with Crippen molar-refractivity contribution in [1.29, 1.82) is 0 Å². The molecule has 3 N–H and O–H groups in total. The summed E-state index contributed by atoms with van der Waals surface area (Å²) in [5.74, 6) is 0. The van der Waals surface area contributed by atoms with Crippen LogP contribution in [0.5, 0.6) is 0 Å². The summed E-state index contributed by atoms with van der Waals surface area (Å²) < 4.78 is 0. The molecule has 1 saturated heterocycles. The van der Waals surface area contributed by atoms with E-state index in [9.17, 15) is 5.21 Å². The lowest BCUT2D eigenvalue weighted by atomic mass is 9.79. The Balaban J connectivity index is 2.84. The molecule has 0 spiro atoms. The number of hydroxylamine groups is 2. The van der Waals surface area contributed by atoms with Gasteiger partial charge in [0.05, 0.1) is 0 Å². The molecule has 1 fully saturated rings. The molecule has 0 aliphatic carbocycles. The maximum absolute atomic E-state index is 9.86. The number of hydrogen-bond acceptors (Lipinski definition) is 3. The van der Waals surface area contributed by atoms with Crippen molar-refractivity contribution in [2.45, 2.75) is 57.7 Å². The predicted molar refractivity (Wildman–Crippen MR) is 49.0 cm³/mol. The van der Waals surface area contributed by atoms with Crippen LogP contribution in [-0.4, -0.2) is 27.4 Å². The van der Waals surface area contributed by atoms with Gasteiger partial charge in [0.1, 0.15) is 0 Å². The van der Waals surface area contributed by atoms with E-state index >= 15 is 0 Å². The summed E-state index contributed by atoms with van der Waals surface area (Å²) in [5, 5.41) is 11.3. The second-order valence-electron chi connectivity index (χ2n) is 5.10. The van der Waals surface area contributed by atoms with Crippen molar-refractivity contribution in [3.05, 3.63) is 0 Å². The monoisotopic (exact) mass is 172 g/mol. The Morgan fingerprint density at radius 2 is 1.50 bits per heavy atom. The van der Waals surface area contributed by atoms with Gasteiger partial charge in [-0.3, -0.25) is 0 Å². The molecule has 0 saturated carbocycles. The number of nitrogens with zero attached hydrogens (tertiary/aromatic N) is 1. The van der Waals surface area contributed by atoms with Gasteiger partial charge in [-0.05, 0) is 40.5 Å². The van der Waals surface area contributed by atoms with Gasteiger partial charge in [0.15, 0.2) is 0 Å². The van der Waals surface area contributed by atoms with Crippen molar-refractivity contribution in [3.8, 4) is 0 Å². The molecule has 3 nitrogen and oxygen atoms in total. The fraction of sp³-hybridized carbons (Fsp3) is 1.00. The molecule has 0 aromatic rings. The molecule has 0 amide bonds. The first-order valence-corrected chi connectivity index (χ1v) is 4.50. The number of piperidine rings is 1. The minimum atomic E-state index is -0.193.